The van der Waals surface area contributed by atoms with Crippen molar-refractivity contribution in [3.8, 4) is 0 Å². The molecule has 0 aromatic carbocycles. The van der Waals surface area contributed by atoms with E-state index in [2.05, 4.69) is 5.32 Å². The van der Waals surface area contributed by atoms with Crippen LogP contribution in [0.15, 0.2) is 0 Å². The summed E-state index contributed by atoms with van der Waals surface area (Å²) in [7, 11) is 0. The molecule has 1 amide bonds. The van der Waals surface area contributed by atoms with Crippen LogP contribution in [-0.2, 0) is 9.59 Å². The van der Waals surface area contributed by atoms with Crippen LogP contribution >= 0.6 is 0 Å². The van der Waals surface area contributed by atoms with E-state index < -0.39 is 11.9 Å². The molecule has 1 rings (SSSR count). The SMILES string of the molecule is CC(NC(=O)CC1CC1)C(C)C(=O)O. The Balaban J connectivity index is 2.27. The highest BCUT2D eigenvalue weighted by molar-refractivity contribution is 5.78. The van der Waals surface area contributed by atoms with Crippen molar-refractivity contribution in [3.05, 3.63) is 0 Å². The van der Waals surface area contributed by atoms with Crippen LogP contribution in [0.4, 0.5) is 0 Å². The fourth-order valence-electron chi connectivity index (χ4n) is 1.24. The topological polar surface area (TPSA) is 66.4 Å². The van der Waals surface area contributed by atoms with E-state index in [0.29, 0.717) is 12.3 Å². The van der Waals surface area contributed by atoms with Crippen molar-refractivity contribution < 1.29 is 14.7 Å². The van der Waals surface area contributed by atoms with Gasteiger partial charge in [0.1, 0.15) is 0 Å². The summed E-state index contributed by atoms with van der Waals surface area (Å²) in [5.74, 6) is -0.877. The lowest BCUT2D eigenvalue weighted by atomic mass is 10.0. The lowest BCUT2D eigenvalue weighted by Crippen LogP contribution is -2.40. The van der Waals surface area contributed by atoms with E-state index >= 15 is 0 Å². The lowest BCUT2D eigenvalue weighted by Gasteiger charge is -2.17. The van der Waals surface area contributed by atoms with Gasteiger partial charge in [0.25, 0.3) is 0 Å². The highest BCUT2D eigenvalue weighted by atomic mass is 16.4. The van der Waals surface area contributed by atoms with E-state index in [1.54, 1.807) is 13.8 Å². The number of hydrogen-bond donors (Lipinski definition) is 2. The smallest absolute Gasteiger partial charge is 0.308 e. The van der Waals surface area contributed by atoms with Gasteiger partial charge in [-0.3, -0.25) is 9.59 Å². The van der Waals surface area contributed by atoms with Gasteiger partial charge < -0.3 is 10.4 Å². The summed E-state index contributed by atoms with van der Waals surface area (Å²) < 4.78 is 0. The molecule has 0 aromatic rings. The summed E-state index contributed by atoms with van der Waals surface area (Å²) in [4.78, 5) is 21.9. The number of rotatable bonds is 5. The van der Waals surface area contributed by atoms with Crippen LogP contribution in [-0.4, -0.2) is 23.0 Å². The van der Waals surface area contributed by atoms with Gasteiger partial charge in [0.15, 0.2) is 0 Å². The number of aliphatic carboxylic acids is 1. The average Bonchev–Trinajstić information content (AvgIpc) is 2.86. The van der Waals surface area contributed by atoms with Gasteiger partial charge in [0, 0.05) is 12.5 Å². The van der Waals surface area contributed by atoms with Crippen molar-refractivity contribution in [3.63, 3.8) is 0 Å². The number of amides is 1. The molecule has 2 atom stereocenters. The van der Waals surface area contributed by atoms with E-state index in [1.165, 1.54) is 0 Å². The van der Waals surface area contributed by atoms with Crippen molar-refractivity contribution in [1.82, 2.24) is 5.32 Å². The number of carbonyl (C=O) groups is 2. The van der Waals surface area contributed by atoms with Gasteiger partial charge >= 0.3 is 5.97 Å². The van der Waals surface area contributed by atoms with E-state index in [1.807, 2.05) is 0 Å². The second-order valence-electron chi connectivity index (χ2n) is 4.13. The van der Waals surface area contributed by atoms with Crippen LogP contribution < -0.4 is 5.32 Å². The summed E-state index contributed by atoms with van der Waals surface area (Å²) >= 11 is 0. The molecule has 1 fully saturated rings. The lowest BCUT2D eigenvalue weighted by molar-refractivity contribution is -0.142. The highest BCUT2D eigenvalue weighted by Crippen LogP contribution is 2.32. The van der Waals surface area contributed by atoms with Crippen molar-refractivity contribution in [2.75, 3.05) is 0 Å². The average molecular weight is 199 g/mol. The maximum absolute atomic E-state index is 11.3. The number of carbonyl (C=O) groups excluding carboxylic acids is 1. The summed E-state index contributed by atoms with van der Waals surface area (Å²) in [5.41, 5.74) is 0. The largest absolute Gasteiger partial charge is 0.481 e. The summed E-state index contributed by atoms with van der Waals surface area (Å²) in [6, 6.07) is -0.293. The third kappa shape index (κ3) is 3.36. The first-order valence-electron chi connectivity index (χ1n) is 5.03. The van der Waals surface area contributed by atoms with Crippen molar-refractivity contribution in [2.45, 2.75) is 39.2 Å². The minimum absolute atomic E-state index is 0.0203. The molecular formula is C10H17NO3. The third-order valence-electron chi connectivity index (χ3n) is 2.70. The molecule has 4 heteroatoms. The van der Waals surface area contributed by atoms with Crippen LogP contribution in [0.25, 0.3) is 0 Å². The van der Waals surface area contributed by atoms with E-state index in [-0.39, 0.29) is 11.9 Å². The Bertz CT molecular complexity index is 236. The zero-order chi connectivity index (χ0) is 10.7. The van der Waals surface area contributed by atoms with E-state index in [9.17, 15) is 9.59 Å². The maximum Gasteiger partial charge on any atom is 0.308 e. The van der Waals surface area contributed by atoms with Crippen molar-refractivity contribution in [1.29, 1.82) is 0 Å². The molecule has 0 bridgehead atoms. The molecular weight excluding hydrogens is 182 g/mol. The fraction of sp³-hybridized carbons (Fsp3) is 0.800. The first-order valence-corrected chi connectivity index (χ1v) is 5.03. The molecule has 1 saturated carbocycles. The molecule has 0 aliphatic heterocycles. The molecule has 2 N–H and O–H groups in total. The summed E-state index contributed by atoms with van der Waals surface area (Å²) in [6.45, 7) is 3.33. The van der Waals surface area contributed by atoms with E-state index in [0.717, 1.165) is 12.8 Å². The van der Waals surface area contributed by atoms with Gasteiger partial charge in [0.05, 0.1) is 5.92 Å². The summed E-state index contributed by atoms with van der Waals surface area (Å²) in [5, 5.41) is 11.4. The van der Waals surface area contributed by atoms with Crippen LogP contribution in [0.5, 0.6) is 0 Å². The van der Waals surface area contributed by atoms with Gasteiger partial charge in [0.2, 0.25) is 5.91 Å². The monoisotopic (exact) mass is 199 g/mol. The number of nitrogens with one attached hydrogen (secondary N) is 1. The second kappa shape index (κ2) is 4.44. The Morgan fingerprint density at radius 1 is 1.43 bits per heavy atom. The second-order valence-corrected chi connectivity index (χ2v) is 4.13. The molecule has 1 aliphatic carbocycles. The van der Waals surface area contributed by atoms with Gasteiger partial charge in [-0.1, -0.05) is 0 Å². The minimum Gasteiger partial charge on any atom is -0.481 e. The van der Waals surface area contributed by atoms with E-state index in [4.69, 9.17) is 5.11 Å². The molecule has 4 nitrogen and oxygen atoms in total. The molecule has 14 heavy (non-hydrogen) atoms. The fourth-order valence-corrected chi connectivity index (χ4v) is 1.24. The Kier molecular flexibility index (Phi) is 3.49. The van der Waals surface area contributed by atoms with Gasteiger partial charge in [-0.05, 0) is 32.6 Å². The Morgan fingerprint density at radius 3 is 2.43 bits per heavy atom. The zero-order valence-electron chi connectivity index (χ0n) is 8.62. The quantitative estimate of drug-likeness (QED) is 0.694. The predicted octanol–water partition coefficient (Wildman–Crippen LogP) is 1.01. The Hall–Kier alpha value is -1.06. The molecule has 0 heterocycles. The van der Waals surface area contributed by atoms with Crippen LogP contribution in [0.1, 0.15) is 33.1 Å². The number of carboxylic acids is 1. The molecule has 0 saturated heterocycles. The maximum atomic E-state index is 11.3. The molecule has 2 unspecified atom stereocenters. The van der Waals surface area contributed by atoms with Crippen molar-refractivity contribution in [2.24, 2.45) is 11.8 Å². The molecule has 0 radical (unpaired) electrons. The van der Waals surface area contributed by atoms with Gasteiger partial charge in [-0.15, -0.1) is 0 Å². The first kappa shape index (κ1) is 11.0. The molecule has 80 valence electrons. The molecule has 1 aliphatic rings. The number of carboxylic acid groups (broad SMARTS) is 1. The van der Waals surface area contributed by atoms with Gasteiger partial charge in [-0.25, -0.2) is 0 Å². The Labute approximate surface area is 83.7 Å². The standard InChI is InChI=1S/C10H17NO3/c1-6(10(13)14)7(2)11-9(12)5-8-3-4-8/h6-8H,3-5H2,1-2H3,(H,11,12)(H,13,14). The molecule has 0 spiro atoms. The normalized spacial score (nSPS) is 19.9. The minimum atomic E-state index is -0.871. The predicted molar refractivity (Wildman–Crippen MR) is 51.7 cm³/mol. The zero-order valence-corrected chi connectivity index (χ0v) is 8.62. The van der Waals surface area contributed by atoms with Crippen molar-refractivity contribution >= 4 is 11.9 Å². The van der Waals surface area contributed by atoms with Crippen LogP contribution in [0, 0.1) is 11.8 Å². The molecule has 0 aromatic heterocycles. The summed E-state index contributed by atoms with van der Waals surface area (Å²) in [6.07, 6.45) is 2.82. The van der Waals surface area contributed by atoms with Crippen LogP contribution in [0.3, 0.4) is 0 Å². The highest BCUT2D eigenvalue weighted by Gasteiger charge is 2.26. The van der Waals surface area contributed by atoms with Gasteiger partial charge in [-0.2, -0.15) is 0 Å². The number of hydrogen-bond acceptors (Lipinski definition) is 2. The van der Waals surface area contributed by atoms with Crippen LogP contribution in [0.2, 0.25) is 0 Å². The Morgan fingerprint density at radius 2 is 2.00 bits per heavy atom. The first-order chi connectivity index (χ1) is 6.50. The third-order valence-corrected chi connectivity index (χ3v) is 2.70.